The van der Waals surface area contributed by atoms with Gasteiger partial charge in [-0.3, -0.25) is 14.5 Å². The monoisotopic (exact) mass is 512 g/mol. The zero-order valence-electron chi connectivity index (χ0n) is 20.7. The molecule has 4 rings (SSSR count). The minimum absolute atomic E-state index is 0.159. The highest BCUT2D eigenvalue weighted by atomic mass is 32.2. The molecule has 2 saturated heterocycles. The summed E-state index contributed by atoms with van der Waals surface area (Å²) < 4.78 is 27.7. The molecule has 0 bridgehead atoms. The maximum Gasteiger partial charge on any atom is 0.325 e. The minimum atomic E-state index is -3.63. The van der Waals surface area contributed by atoms with Gasteiger partial charge in [0.15, 0.2) is 0 Å². The number of nitrogens with one attached hydrogen (secondary N) is 2. The highest BCUT2D eigenvalue weighted by Crippen LogP contribution is 2.32. The summed E-state index contributed by atoms with van der Waals surface area (Å²) in [7, 11) is -3.63. The molecular weight excluding hydrogens is 480 g/mol. The molecule has 192 valence electrons. The third-order valence-electron chi connectivity index (χ3n) is 6.89. The molecule has 4 amide bonds. The van der Waals surface area contributed by atoms with E-state index in [1.165, 1.54) is 28.6 Å². The molecule has 0 spiro atoms. The van der Waals surface area contributed by atoms with Gasteiger partial charge in [0, 0.05) is 18.8 Å². The zero-order valence-corrected chi connectivity index (χ0v) is 21.5. The maximum atomic E-state index is 13.2. The van der Waals surface area contributed by atoms with E-state index in [4.69, 9.17) is 0 Å². The number of amides is 4. The normalized spacial score (nSPS) is 25.0. The Hall–Kier alpha value is -3.24. The van der Waals surface area contributed by atoms with Crippen molar-refractivity contribution >= 4 is 33.6 Å². The summed E-state index contributed by atoms with van der Waals surface area (Å²) in [6, 6.07) is 14.2. The number of imide groups is 1. The van der Waals surface area contributed by atoms with E-state index in [-0.39, 0.29) is 4.90 Å². The van der Waals surface area contributed by atoms with Crippen LogP contribution in [0.4, 0.5) is 10.5 Å². The molecule has 2 fully saturated rings. The lowest BCUT2D eigenvalue weighted by Gasteiger charge is -2.34. The van der Waals surface area contributed by atoms with Gasteiger partial charge in [-0.15, -0.1) is 0 Å². The van der Waals surface area contributed by atoms with Crippen LogP contribution in [-0.4, -0.2) is 55.1 Å². The van der Waals surface area contributed by atoms with Gasteiger partial charge < -0.3 is 10.6 Å². The Morgan fingerprint density at radius 2 is 1.64 bits per heavy atom. The molecule has 0 saturated carbocycles. The molecule has 2 heterocycles. The van der Waals surface area contributed by atoms with Crippen LogP contribution in [0.3, 0.4) is 0 Å². The molecule has 0 aliphatic carbocycles. The van der Waals surface area contributed by atoms with Crippen molar-refractivity contribution in [2.24, 2.45) is 11.8 Å². The van der Waals surface area contributed by atoms with Crippen LogP contribution >= 0.6 is 0 Å². The number of urea groups is 1. The molecule has 2 aliphatic heterocycles. The van der Waals surface area contributed by atoms with Gasteiger partial charge in [-0.1, -0.05) is 51.1 Å². The fraction of sp³-hybridized carbons (Fsp3) is 0.423. The smallest absolute Gasteiger partial charge is 0.325 e. The van der Waals surface area contributed by atoms with Crippen molar-refractivity contribution in [1.82, 2.24) is 14.5 Å². The van der Waals surface area contributed by atoms with Crippen LogP contribution < -0.4 is 10.6 Å². The first-order valence-electron chi connectivity index (χ1n) is 12.2. The number of nitrogens with zero attached hydrogens (tertiary/aromatic N) is 2. The van der Waals surface area contributed by atoms with Crippen LogP contribution in [0, 0.1) is 11.8 Å². The van der Waals surface area contributed by atoms with Gasteiger partial charge in [0.05, 0.1) is 4.90 Å². The second-order valence-corrected chi connectivity index (χ2v) is 11.7. The Kier molecular flexibility index (Phi) is 7.19. The van der Waals surface area contributed by atoms with Crippen molar-refractivity contribution in [2.75, 3.05) is 25.0 Å². The van der Waals surface area contributed by atoms with Gasteiger partial charge >= 0.3 is 6.03 Å². The number of piperidine rings is 1. The molecule has 2 aromatic carbocycles. The number of rotatable bonds is 7. The summed E-state index contributed by atoms with van der Waals surface area (Å²) >= 11 is 0. The van der Waals surface area contributed by atoms with E-state index in [1.807, 2.05) is 19.9 Å². The summed E-state index contributed by atoms with van der Waals surface area (Å²) in [5.41, 5.74) is -0.183. The molecule has 10 heteroatoms. The largest absolute Gasteiger partial charge is 0.325 e. The number of anilines is 1. The van der Waals surface area contributed by atoms with E-state index in [2.05, 4.69) is 10.6 Å². The van der Waals surface area contributed by atoms with E-state index in [1.54, 1.807) is 31.2 Å². The first-order valence-corrected chi connectivity index (χ1v) is 13.6. The third-order valence-corrected chi connectivity index (χ3v) is 8.73. The van der Waals surface area contributed by atoms with Crippen molar-refractivity contribution in [3.8, 4) is 0 Å². The molecule has 0 radical (unpaired) electrons. The van der Waals surface area contributed by atoms with Gasteiger partial charge in [-0.2, -0.15) is 4.31 Å². The van der Waals surface area contributed by atoms with Crippen molar-refractivity contribution < 1.29 is 22.8 Å². The van der Waals surface area contributed by atoms with Crippen molar-refractivity contribution in [3.05, 3.63) is 60.2 Å². The molecule has 0 unspecified atom stereocenters. The first-order chi connectivity index (χ1) is 17.1. The third kappa shape index (κ3) is 4.87. The molecule has 9 nitrogen and oxygen atoms in total. The lowest BCUT2D eigenvalue weighted by Crippen LogP contribution is -2.44. The Morgan fingerprint density at radius 1 is 1.03 bits per heavy atom. The summed E-state index contributed by atoms with van der Waals surface area (Å²) in [5, 5.41) is 5.40. The standard InChI is InChI=1S/C26H32N4O5S/c1-4-26(20-8-6-5-7-9-20)24(32)30(25(33)28-26)17-23(31)27-21-10-12-22(13-11-21)36(34,35)29-15-18(2)14-19(3)16-29/h5-13,18-19H,4,14-17H2,1-3H3,(H,27,31)(H,28,33)/t18-,19-,26+/m1/s1. The Balaban J connectivity index is 1.43. The Bertz CT molecular complexity index is 1240. The molecule has 2 N–H and O–H groups in total. The van der Waals surface area contributed by atoms with Gasteiger partial charge in [0.2, 0.25) is 15.9 Å². The predicted molar refractivity (Wildman–Crippen MR) is 135 cm³/mol. The number of sulfonamides is 1. The van der Waals surface area contributed by atoms with Crippen LogP contribution in [0.1, 0.15) is 39.2 Å². The number of hydrogen-bond donors (Lipinski definition) is 2. The predicted octanol–water partition coefficient (Wildman–Crippen LogP) is 3.15. The fourth-order valence-corrected chi connectivity index (χ4v) is 6.82. The number of hydrogen-bond acceptors (Lipinski definition) is 5. The van der Waals surface area contributed by atoms with Crippen molar-refractivity contribution in [2.45, 2.75) is 44.0 Å². The highest BCUT2D eigenvalue weighted by Gasteiger charge is 2.51. The summed E-state index contributed by atoms with van der Waals surface area (Å²) in [5.74, 6) is -0.461. The van der Waals surface area contributed by atoms with Gasteiger partial charge in [-0.05, 0) is 54.5 Å². The number of benzene rings is 2. The quantitative estimate of drug-likeness (QED) is 0.553. The van der Waals surface area contributed by atoms with E-state index in [0.717, 1.165) is 11.3 Å². The van der Waals surface area contributed by atoms with Crippen LogP contribution in [0.2, 0.25) is 0 Å². The van der Waals surface area contributed by atoms with Gasteiger partial charge in [0.1, 0.15) is 12.1 Å². The maximum absolute atomic E-state index is 13.2. The molecule has 2 aliphatic rings. The number of carbonyl (C=O) groups excluding carboxylic acids is 3. The SMILES string of the molecule is CC[C@@]1(c2ccccc2)NC(=O)N(CC(=O)Nc2ccc(S(=O)(=O)N3C[C@H](C)C[C@@H](C)C3)cc2)C1=O. The second kappa shape index (κ2) is 10.0. The summed E-state index contributed by atoms with van der Waals surface area (Å²) in [4.78, 5) is 39.6. The first kappa shape index (κ1) is 25.8. The average Bonchev–Trinajstić information content (AvgIpc) is 3.09. The van der Waals surface area contributed by atoms with Gasteiger partial charge in [0.25, 0.3) is 5.91 Å². The van der Waals surface area contributed by atoms with Crippen LogP contribution in [0.5, 0.6) is 0 Å². The average molecular weight is 513 g/mol. The Labute approximate surface area is 211 Å². The van der Waals surface area contributed by atoms with Crippen LogP contribution in [0.15, 0.2) is 59.5 Å². The van der Waals surface area contributed by atoms with Crippen molar-refractivity contribution in [1.29, 1.82) is 0 Å². The van der Waals surface area contributed by atoms with Crippen molar-refractivity contribution in [3.63, 3.8) is 0 Å². The molecule has 36 heavy (non-hydrogen) atoms. The van der Waals surface area contributed by atoms with Crippen LogP contribution in [0.25, 0.3) is 0 Å². The van der Waals surface area contributed by atoms with Crippen LogP contribution in [-0.2, 0) is 25.2 Å². The topological polar surface area (TPSA) is 116 Å². The summed E-state index contributed by atoms with van der Waals surface area (Å²) in [6.45, 7) is 6.41. The lowest BCUT2D eigenvalue weighted by molar-refractivity contribution is -0.134. The lowest BCUT2D eigenvalue weighted by atomic mass is 9.87. The number of carbonyl (C=O) groups is 3. The highest BCUT2D eigenvalue weighted by molar-refractivity contribution is 7.89. The second-order valence-electron chi connectivity index (χ2n) is 9.79. The van der Waals surface area contributed by atoms with E-state index in [9.17, 15) is 22.8 Å². The Morgan fingerprint density at radius 3 is 2.22 bits per heavy atom. The summed E-state index contributed by atoms with van der Waals surface area (Å²) in [6.07, 6.45) is 1.34. The zero-order chi connectivity index (χ0) is 26.1. The fourth-order valence-electron chi connectivity index (χ4n) is 5.14. The molecule has 3 atom stereocenters. The molecule has 0 aromatic heterocycles. The van der Waals surface area contributed by atoms with E-state index < -0.39 is 40.0 Å². The van der Waals surface area contributed by atoms with E-state index >= 15 is 0 Å². The molecular formula is C26H32N4O5S. The molecule has 2 aromatic rings. The van der Waals surface area contributed by atoms with Gasteiger partial charge in [-0.25, -0.2) is 13.2 Å². The van der Waals surface area contributed by atoms with E-state index in [0.29, 0.717) is 42.6 Å². The minimum Gasteiger partial charge on any atom is -0.325 e.